The molecule has 146 valence electrons. The van der Waals surface area contributed by atoms with Gasteiger partial charge < -0.3 is 9.73 Å². The SMILES string of the molecule is Cc1cc(Cl)cc(-c2nnc(-c3ccc(S)s3)o2)c1NC(=O)c1ccccc1Br. The van der Waals surface area contributed by atoms with Gasteiger partial charge in [-0.05, 0) is 64.8 Å². The first-order chi connectivity index (χ1) is 13.9. The molecule has 0 aliphatic heterocycles. The average molecular weight is 507 g/mol. The highest BCUT2D eigenvalue weighted by atomic mass is 79.9. The quantitative estimate of drug-likeness (QED) is 0.301. The maximum atomic E-state index is 12.8. The van der Waals surface area contributed by atoms with E-state index in [0.29, 0.717) is 32.2 Å². The predicted molar refractivity (Wildman–Crippen MR) is 122 cm³/mol. The summed E-state index contributed by atoms with van der Waals surface area (Å²) in [4.78, 5) is 13.6. The molecule has 0 unspecified atom stereocenters. The summed E-state index contributed by atoms with van der Waals surface area (Å²) in [6, 6.07) is 14.4. The Bertz CT molecular complexity index is 1220. The molecule has 0 atom stereocenters. The van der Waals surface area contributed by atoms with Crippen LogP contribution in [0.2, 0.25) is 5.02 Å². The van der Waals surface area contributed by atoms with Gasteiger partial charge in [-0.25, -0.2) is 0 Å². The lowest BCUT2D eigenvalue weighted by molar-refractivity contribution is 0.102. The van der Waals surface area contributed by atoms with Crippen molar-refractivity contribution >= 4 is 63.1 Å². The van der Waals surface area contributed by atoms with Crippen LogP contribution in [-0.2, 0) is 0 Å². The van der Waals surface area contributed by atoms with E-state index >= 15 is 0 Å². The van der Waals surface area contributed by atoms with Crippen LogP contribution in [0.5, 0.6) is 0 Å². The highest BCUT2D eigenvalue weighted by molar-refractivity contribution is 9.10. The number of aromatic nitrogens is 2. The lowest BCUT2D eigenvalue weighted by Crippen LogP contribution is -2.14. The number of amides is 1. The summed E-state index contributed by atoms with van der Waals surface area (Å²) < 4.78 is 7.41. The Morgan fingerprint density at radius 1 is 1.17 bits per heavy atom. The fourth-order valence-electron chi connectivity index (χ4n) is 2.78. The molecule has 5 nitrogen and oxygen atoms in total. The number of thiol groups is 1. The van der Waals surface area contributed by atoms with Gasteiger partial charge in [-0.3, -0.25) is 4.79 Å². The number of hydrogen-bond donors (Lipinski definition) is 2. The third-order valence-corrected chi connectivity index (χ3v) is 6.32. The fourth-order valence-corrected chi connectivity index (χ4v) is 4.55. The van der Waals surface area contributed by atoms with E-state index in [0.717, 1.165) is 14.6 Å². The van der Waals surface area contributed by atoms with Crippen molar-refractivity contribution in [1.29, 1.82) is 0 Å². The van der Waals surface area contributed by atoms with Gasteiger partial charge in [0.05, 0.1) is 25.9 Å². The molecular formula is C20H13BrClN3O2S2. The molecule has 2 aromatic carbocycles. The number of halogens is 2. The first kappa shape index (κ1) is 20.2. The number of anilines is 1. The molecule has 4 aromatic rings. The summed E-state index contributed by atoms with van der Waals surface area (Å²) >= 11 is 15.4. The molecule has 29 heavy (non-hydrogen) atoms. The van der Waals surface area contributed by atoms with Crippen molar-refractivity contribution in [2.75, 3.05) is 5.32 Å². The van der Waals surface area contributed by atoms with Crippen LogP contribution >= 0.6 is 51.5 Å². The number of hydrogen-bond acceptors (Lipinski definition) is 6. The molecule has 2 heterocycles. The summed E-state index contributed by atoms with van der Waals surface area (Å²) in [6.07, 6.45) is 0. The summed E-state index contributed by atoms with van der Waals surface area (Å²) in [5, 5.41) is 11.7. The maximum absolute atomic E-state index is 12.8. The number of nitrogens with zero attached hydrogens (tertiary/aromatic N) is 2. The Kier molecular flexibility index (Phi) is 5.78. The highest BCUT2D eigenvalue weighted by Gasteiger charge is 2.20. The molecule has 4 rings (SSSR count). The Morgan fingerprint density at radius 2 is 1.93 bits per heavy atom. The molecule has 1 N–H and O–H groups in total. The third kappa shape index (κ3) is 4.25. The molecule has 0 bridgehead atoms. The van der Waals surface area contributed by atoms with Crippen molar-refractivity contribution in [2.45, 2.75) is 11.1 Å². The minimum atomic E-state index is -0.262. The molecule has 0 saturated carbocycles. The molecule has 0 fully saturated rings. The molecule has 0 aliphatic rings. The number of benzene rings is 2. The van der Waals surface area contributed by atoms with Gasteiger partial charge in [0.25, 0.3) is 11.8 Å². The Hall–Kier alpha value is -2.13. The van der Waals surface area contributed by atoms with Crippen LogP contribution in [0.25, 0.3) is 22.2 Å². The molecule has 0 aliphatic carbocycles. The average Bonchev–Trinajstić information content (AvgIpc) is 3.33. The molecule has 0 saturated heterocycles. The van der Waals surface area contributed by atoms with Crippen molar-refractivity contribution in [1.82, 2.24) is 10.2 Å². The number of carbonyl (C=O) groups is 1. The summed E-state index contributed by atoms with van der Waals surface area (Å²) in [5.41, 5.74) is 2.41. The zero-order valence-corrected chi connectivity index (χ0v) is 19.0. The Balaban J connectivity index is 1.74. The van der Waals surface area contributed by atoms with E-state index in [-0.39, 0.29) is 11.8 Å². The van der Waals surface area contributed by atoms with Gasteiger partial charge in [-0.15, -0.1) is 34.2 Å². The van der Waals surface area contributed by atoms with Crippen LogP contribution in [0.1, 0.15) is 15.9 Å². The number of aryl methyl sites for hydroxylation is 1. The van der Waals surface area contributed by atoms with Gasteiger partial charge in [-0.1, -0.05) is 23.7 Å². The minimum absolute atomic E-state index is 0.262. The first-order valence-corrected chi connectivity index (χ1v) is 10.8. The smallest absolute Gasteiger partial charge is 0.258 e. The predicted octanol–water partition coefficient (Wildman–Crippen LogP) is 6.73. The van der Waals surface area contributed by atoms with Crippen LogP contribution in [0.15, 0.2) is 61.6 Å². The van der Waals surface area contributed by atoms with Gasteiger partial charge in [0.2, 0.25) is 5.89 Å². The van der Waals surface area contributed by atoms with Crippen LogP contribution in [0.3, 0.4) is 0 Å². The van der Waals surface area contributed by atoms with Crippen molar-refractivity contribution in [3.05, 3.63) is 69.2 Å². The molecule has 1 amide bonds. The van der Waals surface area contributed by atoms with Crippen molar-refractivity contribution in [2.24, 2.45) is 0 Å². The van der Waals surface area contributed by atoms with Gasteiger partial charge in [0, 0.05) is 9.50 Å². The van der Waals surface area contributed by atoms with Crippen molar-refractivity contribution in [3.63, 3.8) is 0 Å². The van der Waals surface area contributed by atoms with Crippen LogP contribution in [0, 0.1) is 6.92 Å². The summed E-state index contributed by atoms with van der Waals surface area (Å²) in [5.74, 6) is 0.384. The first-order valence-electron chi connectivity index (χ1n) is 8.41. The normalized spacial score (nSPS) is 10.9. The minimum Gasteiger partial charge on any atom is -0.415 e. The molecule has 9 heteroatoms. The monoisotopic (exact) mass is 505 g/mol. The Labute approximate surface area is 189 Å². The topological polar surface area (TPSA) is 68.0 Å². The largest absolute Gasteiger partial charge is 0.415 e. The van der Waals surface area contributed by atoms with E-state index in [1.807, 2.05) is 31.2 Å². The van der Waals surface area contributed by atoms with Gasteiger partial charge >= 0.3 is 0 Å². The number of rotatable bonds is 4. The fraction of sp³-hybridized carbons (Fsp3) is 0.0500. The van der Waals surface area contributed by atoms with Crippen molar-refractivity contribution < 1.29 is 9.21 Å². The molecule has 0 radical (unpaired) electrons. The molecule has 0 spiro atoms. The highest BCUT2D eigenvalue weighted by Crippen LogP contribution is 2.36. The van der Waals surface area contributed by atoms with Gasteiger partial charge in [0.1, 0.15) is 0 Å². The van der Waals surface area contributed by atoms with Crippen molar-refractivity contribution in [3.8, 4) is 22.2 Å². The zero-order valence-electron chi connectivity index (χ0n) is 14.9. The molecule has 2 aromatic heterocycles. The second-order valence-electron chi connectivity index (χ2n) is 6.13. The van der Waals surface area contributed by atoms with E-state index < -0.39 is 0 Å². The zero-order chi connectivity index (χ0) is 20.5. The second-order valence-corrected chi connectivity index (χ2v) is 9.29. The number of thiophene rings is 1. The van der Waals surface area contributed by atoms with E-state index in [9.17, 15) is 4.79 Å². The van der Waals surface area contributed by atoms with Gasteiger partial charge in [-0.2, -0.15) is 0 Å². The van der Waals surface area contributed by atoms with E-state index in [2.05, 4.69) is 44.1 Å². The number of nitrogens with one attached hydrogen (secondary N) is 1. The summed E-state index contributed by atoms with van der Waals surface area (Å²) in [7, 11) is 0. The van der Waals surface area contributed by atoms with E-state index in [1.54, 1.807) is 24.3 Å². The van der Waals surface area contributed by atoms with E-state index in [4.69, 9.17) is 16.0 Å². The lowest BCUT2D eigenvalue weighted by Gasteiger charge is -2.13. The van der Waals surface area contributed by atoms with Crippen LogP contribution in [0.4, 0.5) is 5.69 Å². The third-order valence-electron chi connectivity index (χ3n) is 4.12. The van der Waals surface area contributed by atoms with E-state index in [1.165, 1.54) is 11.3 Å². The second kappa shape index (κ2) is 8.31. The van der Waals surface area contributed by atoms with Crippen LogP contribution < -0.4 is 5.32 Å². The van der Waals surface area contributed by atoms with Crippen LogP contribution in [-0.4, -0.2) is 16.1 Å². The summed E-state index contributed by atoms with van der Waals surface area (Å²) in [6.45, 7) is 1.86. The molecular weight excluding hydrogens is 494 g/mol. The standard InChI is InChI=1S/C20H13BrClN3O2S2/c1-10-8-11(22)9-13(17(10)23-18(26)12-4-2-3-5-14(12)21)19-24-25-20(27-19)15-6-7-16(28)29-15/h2-9,28H,1H3,(H,23,26). The van der Waals surface area contributed by atoms with Gasteiger partial charge in [0.15, 0.2) is 0 Å². The number of carbonyl (C=O) groups excluding carboxylic acids is 1. The lowest BCUT2D eigenvalue weighted by atomic mass is 10.1. The maximum Gasteiger partial charge on any atom is 0.258 e. The Morgan fingerprint density at radius 3 is 2.66 bits per heavy atom.